The number of fused-ring (bicyclic) bond motifs is 3. The highest BCUT2D eigenvalue weighted by molar-refractivity contribution is 5.85. The zero-order valence-corrected chi connectivity index (χ0v) is 30.4. The van der Waals surface area contributed by atoms with Crippen LogP contribution in [0, 0.1) is 45.8 Å². The Balaban J connectivity index is 1.30. The third-order valence-corrected chi connectivity index (χ3v) is 14.3. The van der Waals surface area contributed by atoms with Gasteiger partial charge < -0.3 is 19.7 Å². The summed E-state index contributed by atoms with van der Waals surface area (Å²) in [7, 11) is 0. The van der Waals surface area contributed by atoms with Crippen molar-refractivity contribution in [3.63, 3.8) is 0 Å². The predicted molar refractivity (Wildman–Crippen MR) is 191 cm³/mol. The number of benzene rings is 1. The average molecular weight is 687 g/mol. The number of aliphatic hydroxyl groups is 2. The highest BCUT2D eigenvalue weighted by atomic mass is 16.6. The molecule has 8 nitrogen and oxygen atoms in total. The van der Waals surface area contributed by atoms with Crippen LogP contribution in [0.5, 0.6) is 0 Å². The molecule has 8 heteroatoms. The monoisotopic (exact) mass is 686 g/mol. The van der Waals surface area contributed by atoms with E-state index in [1.807, 2.05) is 6.92 Å². The van der Waals surface area contributed by atoms with E-state index in [4.69, 9.17) is 9.47 Å². The van der Waals surface area contributed by atoms with Gasteiger partial charge in [-0.05, 0) is 93.1 Å². The van der Waals surface area contributed by atoms with Gasteiger partial charge in [-0.3, -0.25) is 10.2 Å². The lowest BCUT2D eigenvalue weighted by Gasteiger charge is -2.72. The molecule has 3 aliphatic heterocycles. The molecule has 2 bridgehead atoms. The number of cyclic esters (lactones) is 1. The standard InChI is InChI=1S/C42H58N2O6/c1-29(12-9-16-30-14-5-4-6-15-30)13-11-23-40-34(45)21-24-39(3)32-17-10-18-33(32)43-44-41(37(39)40)28-38(2,22-8-7-19-35(46)50-41)42(40,48)25-20-31-26-36(47)49-27-31/h4-6,14-15,26,29,32-34,37,43-45,48H,7,9-13,16-21,23-25,27-28H2,1-3H3/t29-,32-,33+,34+,37+,38+,39+,40+,41-,42-/m1/s1. The summed E-state index contributed by atoms with van der Waals surface area (Å²) in [5, 5.41) is 26.6. The van der Waals surface area contributed by atoms with Gasteiger partial charge in [0.05, 0.1) is 23.5 Å². The highest BCUT2D eigenvalue weighted by Gasteiger charge is 2.80. The number of carbonyl (C=O) groups excluding carboxylic acids is 2. The third kappa shape index (κ3) is 5.94. The molecule has 1 aromatic rings. The quantitative estimate of drug-likeness (QED) is 0.159. The van der Waals surface area contributed by atoms with Crippen molar-refractivity contribution in [1.29, 1.82) is 0 Å². The van der Waals surface area contributed by atoms with Gasteiger partial charge in [-0.1, -0.05) is 75.8 Å². The molecular formula is C42H58N2O6. The minimum absolute atomic E-state index is 0.184. The van der Waals surface area contributed by atoms with Crippen LogP contribution in [-0.2, 0) is 25.5 Å². The van der Waals surface area contributed by atoms with Crippen molar-refractivity contribution >= 4 is 11.9 Å². The molecule has 3 saturated carbocycles. The molecule has 6 aliphatic rings. The first-order valence-corrected chi connectivity index (χ1v) is 19.5. The van der Waals surface area contributed by atoms with Crippen molar-refractivity contribution in [2.24, 2.45) is 34.0 Å². The fourth-order valence-electron chi connectivity index (χ4n) is 12.1. The number of nitrogens with one attached hydrogen (secondary N) is 2. The van der Waals surface area contributed by atoms with E-state index in [2.05, 4.69) is 66.9 Å². The van der Waals surface area contributed by atoms with Crippen molar-refractivity contribution in [3.05, 3.63) is 47.5 Å². The van der Waals surface area contributed by atoms with E-state index in [9.17, 15) is 19.8 Å². The summed E-state index contributed by atoms with van der Waals surface area (Å²) < 4.78 is 12.0. The molecule has 4 fully saturated rings. The number of rotatable bonds is 11. The molecule has 50 heavy (non-hydrogen) atoms. The maximum absolute atomic E-state index is 13.9. The van der Waals surface area contributed by atoms with Crippen molar-refractivity contribution in [2.45, 2.75) is 147 Å². The van der Waals surface area contributed by atoms with E-state index in [0.717, 1.165) is 63.4 Å². The van der Waals surface area contributed by atoms with Gasteiger partial charge in [-0.2, -0.15) is 0 Å². The van der Waals surface area contributed by atoms with Crippen molar-refractivity contribution in [3.8, 4) is 11.8 Å². The number of hydrogen-bond acceptors (Lipinski definition) is 8. The van der Waals surface area contributed by atoms with Gasteiger partial charge in [0, 0.05) is 36.3 Å². The van der Waals surface area contributed by atoms with E-state index in [1.165, 1.54) is 5.56 Å². The third-order valence-electron chi connectivity index (χ3n) is 14.3. The summed E-state index contributed by atoms with van der Waals surface area (Å²) in [6.07, 6.45) is 12.6. The Morgan fingerprint density at radius 2 is 1.84 bits per heavy atom. The van der Waals surface area contributed by atoms with Gasteiger partial charge in [-0.25, -0.2) is 10.2 Å². The minimum atomic E-state index is -1.44. The van der Waals surface area contributed by atoms with Gasteiger partial charge in [0.15, 0.2) is 5.72 Å². The first-order valence-electron chi connectivity index (χ1n) is 19.5. The van der Waals surface area contributed by atoms with Crippen LogP contribution in [-0.4, -0.2) is 52.2 Å². The number of esters is 2. The van der Waals surface area contributed by atoms with Crippen LogP contribution in [0.25, 0.3) is 0 Å². The molecule has 0 unspecified atom stereocenters. The molecule has 3 heterocycles. The van der Waals surface area contributed by atoms with Crippen LogP contribution >= 0.6 is 0 Å². The second-order valence-electron chi connectivity index (χ2n) is 17.3. The number of hydrazine groups is 1. The average Bonchev–Trinajstić information content (AvgIpc) is 3.74. The Morgan fingerprint density at radius 3 is 2.62 bits per heavy atom. The van der Waals surface area contributed by atoms with Gasteiger partial charge in [0.1, 0.15) is 6.61 Å². The summed E-state index contributed by atoms with van der Waals surface area (Å²) in [6.45, 7) is 6.95. The van der Waals surface area contributed by atoms with Crippen LogP contribution in [0.15, 0.2) is 42.0 Å². The largest absolute Gasteiger partial charge is 0.458 e. The van der Waals surface area contributed by atoms with E-state index in [0.29, 0.717) is 50.4 Å². The molecule has 0 radical (unpaired) electrons. The highest BCUT2D eigenvalue weighted by Crippen LogP contribution is 2.74. The molecule has 0 amide bonds. The van der Waals surface area contributed by atoms with Crippen molar-refractivity contribution < 1.29 is 29.3 Å². The van der Waals surface area contributed by atoms with Crippen LogP contribution in [0.1, 0.15) is 123 Å². The molecule has 3 aliphatic carbocycles. The molecule has 0 aromatic heterocycles. The van der Waals surface area contributed by atoms with E-state index >= 15 is 0 Å². The van der Waals surface area contributed by atoms with Gasteiger partial charge in [0.2, 0.25) is 0 Å². The van der Waals surface area contributed by atoms with Crippen LogP contribution in [0.2, 0.25) is 0 Å². The molecule has 1 spiro atoms. The zero-order valence-electron chi connectivity index (χ0n) is 30.4. The Labute approximate surface area is 298 Å². The van der Waals surface area contributed by atoms with Gasteiger partial charge in [-0.15, -0.1) is 5.92 Å². The molecule has 7 rings (SSSR count). The first-order chi connectivity index (χ1) is 23.9. The zero-order chi connectivity index (χ0) is 35.2. The minimum Gasteiger partial charge on any atom is -0.458 e. The lowest BCUT2D eigenvalue weighted by atomic mass is 9.34. The number of ether oxygens (including phenoxy) is 2. The Kier molecular flexibility index (Phi) is 9.77. The van der Waals surface area contributed by atoms with Crippen LogP contribution in [0.3, 0.4) is 0 Å². The number of carbonyl (C=O) groups is 2. The molecule has 1 aromatic carbocycles. The molecule has 272 valence electrons. The smallest absolute Gasteiger partial charge is 0.331 e. The summed E-state index contributed by atoms with van der Waals surface area (Å²) in [5.74, 6) is 6.61. The maximum Gasteiger partial charge on any atom is 0.331 e. The fraction of sp³-hybridized carbons (Fsp3) is 0.714. The maximum atomic E-state index is 13.9. The lowest BCUT2D eigenvalue weighted by molar-refractivity contribution is -0.342. The van der Waals surface area contributed by atoms with E-state index < -0.39 is 28.3 Å². The van der Waals surface area contributed by atoms with Crippen LogP contribution in [0.4, 0.5) is 0 Å². The number of aryl methyl sites for hydroxylation is 1. The second-order valence-corrected chi connectivity index (χ2v) is 17.3. The Bertz CT molecular complexity index is 1540. The van der Waals surface area contributed by atoms with Crippen LogP contribution < -0.4 is 10.9 Å². The first kappa shape index (κ1) is 35.7. The summed E-state index contributed by atoms with van der Waals surface area (Å²) in [4.78, 5) is 25.8. The van der Waals surface area contributed by atoms with Gasteiger partial charge in [0.25, 0.3) is 0 Å². The Morgan fingerprint density at radius 1 is 1.04 bits per heavy atom. The molecule has 1 saturated heterocycles. The summed E-state index contributed by atoms with van der Waals surface area (Å²) >= 11 is 0. The van der Waals surface area contributed by atoms with Gasteiger partial charge >= 0.3 is 11.9 Å². The van der Waals surface area contributed by atoms with Crippen molar-refractivity contribution in [2.75, 3.05) is 6.61 Å². The van der Waals surface area contributed by atoms with E-state index in [-0.39, 0.29) is 42.3 Å². The van der Waals surface area contributed by atoms with E-state index in [1.54, 1.807) is 6.08 Å². The summed E-state index contributed by atoms with van der Waals surface area (Å²) in [6, 6.07) is 10.9. The molecular weight excluding hydrogens is 628 g/mol. The predicted octanol–water partition coefficient (Wildman–Crippen LogP) is 6.30. The molecule has 10 atom stereocenters. The fourth-order valence-corrected chi connectivity index (χ4v) is 12.1. The van der Waals surface area contributed by atoms with Crippen molar-refractivity contribution in [1.82, 2.24) is 10.9 Å². The topological polar surface area (TPSA) is 117 Å². The lowest BCUT2D eigenvalue weighted by Crippen LogP contribution is -2.81. The number of hydrogen-bond donors (Lipinski definition) is 4. The SMILES string of the molecule is C[C@H](CCCc1ccccc1)CCC[C@@]12[C@@H](O)CC[C@@]3(C)[C@@H]4CCC[C@@H]4NN[C@@]4(C[C@](C)(C#CCCC(=O)O4)[C@]1(O)CCC1=CC(=O)OC1)[C@@H]32. The number of aliphatic hydroxyl groups excluding tert-OH is 1. The normalized spacial score (nSPS) is 41.1. The Hall–Kier alpha value is -2.70. The second kappa shape index (κ2) is 13.7. The summed E-state index contributed by atoms with van der Waals surface area (Å²) in [5.41, 5.74) is 4.60. The molecule has 4 N–H and O–H groups in total.